The van der Waals surface area contributed by atoms with E-state index in [0.29, 0.717) is 30.0 Å². The number of nitrogens with zero attached hydrogens (tertiary/aromatic N) is 1. The summed E-state index contributed by atoms with van der Waals surface area (Å²) >= 11 is 5.66. The normalized spacial score (nSPS) is 23.7. The zero-order valence-corrected chi connectivity index (χ0v) is 16.9. The van der Waals surface area contributed by atoms with Crippen molar-refractivity contribution >= 4 is 23.0 Å². The number of nitrogens with one attached hydrogen (secondary N) is 1. The van der Waals surface area contributed by atoms with E-state index >= 15 is 0 Å². The van der Waals surface area contributed by atoms with Crippen molar-refractivity contribution in [1.29, 1.82) is 0 Å². The van der Waals surface area contributed by atoms with Crippen molar-refractivity contribution < 1.29 is 28.1 Å². The molecule has 2 atom stereocenters. The summed E-state index contributed by atoms with van der Waals surface area (Å²) in [6.45, 7) is 0.364. The maximum Gasteiger partial charge on any atom is 0.151 e. The van der Waals surface area contributed by atoms with Crippen molar-refractivity contribution in [2.24, 2.45) is 0 Å². The van der Waals surface area contributed by atoms with E-state index in [4.69, 9.17) is 16.3 Å². The first-order chi connectivity index (χ1) is 14.3. The number of piperidine rings is 1. The van der Waals surface area contributed by atoms with Crippen molar-refractivity contribution in [3.63, 3.8) is 0 Å². The molecule has 0 unspecified atom stereocenters. The van der Waals surface area contributed by atoms with Crippen LogP contribution in [0.2, 0.25) is 5.02 Å². The van der Waals surface area contributed by atoms with Gasteiger partial charge >= 0.3 is 0 Å². The number of halogens is 4. The summed E-state index contributed by atoms with van der Waals surface area (Å²) in [6.07, 6.45) is 0.180. The molecule has 2 aliphatic heterocycles. The van der Waals surface area contributed by atoms with Gasteiger partial charge in [-0.1, -0.05) is 11.6 Å². The lowest BCUT2D eigenvalue weighted by Gasteiger charge is -2.42. The van der Waals surface area contributed by atoms with Crippen LogP contribution in [0, 0.1) is 17.5 Å². The van der Waals surface area contributed by atoms with Gasteiger partial charge in [-0.3, -0.25) is 0 Å². The number of hydrogen-bond acceptors (Lipinski definition) is 5. The van der Waals surface area contributed by atoms with Gasteiger partial charge in [0.2, 0.25) is 0 Å². The van der Waals surface area contributed by atoms with Gasteiger partial charge in [0.25, 0.3) is 0 Å². The number of fused-ring (bicyclic) bond motifs is 1. The molecular formula is C21H22ClF3N2O3. The Bertz CT molecular complexity index is 938. The van der Waals surface area contributed by atoms with E-state index in [1.165, 1.54) is 17.0 Å². The third kappa shape index (κ3) is 3.91. The van der Waals surface area contributed by atoms with Crippen LogP contribution in [0.5, 0.6) is 5.75 Å². The molecule has 2 aromatic rings. The number of benzene rings is 2. The number of anilines is 2. The van der Waals surface area contributed by atoms with Gasteiger partial charge in [0, 0.05) is 30.2 Å². The Morgan fingerprint density at radius 1 is 1.20 bits per heavy atom. The summed E-state index contributed by atoms with van der Waals surface area (Å²) in [7, 11) is 0. The topological polar surface area (TPSA) is 65.0 Å². The summed E-state index contributed by atoms with van der Waals surface area (Å²) in [6, 6.07) is 4.80. The molecule has 9 heteroatoms. The molecule has 0 amide bonds. The van der Waals surface area contributed by atoms with Gasteiger partial charge in [0.15, 0.2) is 11.6 Å². The van der Waals surface area contributed by atoms with Crippen LogP contribution >= 0.6 is 11.6 Å². The lowest BCUT2D eigenvalue weighted by Crippen LogP contribution is -2.58. The van der Waals surface area contributed by atoms with Gasteiger partial charge in [-0.05, 0) is 43.5 Å². The molecule has 5 nitrogen and oxygen atoms in total. The van der Waals surface area contributed by atoms with E-state index in [0.717, 1.165) is 18.6 Å². The molecule has 0 radical (unpaired) electrons. The zero-order valence-electron chi connectivity index (χ0n) is 16.1. The molecule has 0 aliphatic carbocycles. The maximum atomic E-state index is 14.2. The van der Waals surface area contributed by atoms with E-state index < -0.39 is 23.3 Å². The number of aliphatic hydroxyl groups excluding tert-OH is 1. The Kier molecular flexibility index (Phi) is 5.74. The molecule has 30 heavy (non-hydrogen) atoms. The van der Waals surface area contributed by atoms with Crippen molar-refractivity contribution in [1.82, 2.24) is 0 Å². The quantitative estimate of drug-likeness (QED) is 0.676. The molecule has 2 aliphatic rings. The second-order valence-electron chi connectivity index (χ2n) is 7.75. The minimum atomic E-state index is -1.61. The fourth-order valence-corrected chi connectivity index (χ4v) is 4.22. The van der Waals surface area contributed by atoms with Gasteiger partial charge in [0.05, 0.1) is 5.69 Å². The number of ether oxygens (including phenoxy) is 1. The Hall–Kier alpha value is -2.16. The van der Waals surface area contributed by atoms with Crippen molar-refractivity contribution in [2.45, 2.75) is 31.0 Å². The fourth-order valence-electron chi connectivity index (χ4n) is 4.03. The Labute approximate surface area is 177 Å². The van der Waals surface area contributed by atoms with E-state index in [1.54, 1.807) is 0 Å². The van der Waals surface area contributed by atoms with Gasteiger partial charge in [-0.25, -0.2) is 13.2 Å². The largest absolute Gasteiger partial charge is 0.490 e. The van der Waals surface area contributed by atoms with Crippen LogP contribution in [0.25, 0.3) is 0 Å². The number of hydrogen-bond donors (Lipinski definition) is 3. The van der Waals surface area contributed by atoms with Gasteiger partial charge < -0.3 is 25.2 Å². The third-order valence-electron chi connectivity index (χ3n) is 5.73. The minimum Gasteiger partial charge on any atom is -0.490 e. The van der Waals surface area contributed by atoms with Crippen LogP contribution in [-0.2, 0) is 6.42 Å². The SMILES string of the molecule is O[C@@H]1CN(c2c(F)cc(Cl)cc2F)CC[C@@]1(O)COc1ccc(F)c2c1CCCN2. The number of rotatable bonds is 4. The van der Waals surface area contributed by atoms with Crippen molar-refractivity contribution in [3.05, 3.63) is 52.3 Å². The Morgan fingerprint density at radius 2 is 1.93 bits per heavy atom. The standard InChI is InChI=1S/C21H22ClF3N2O3/c22-12-8-15(24)20(16(25)9-12)27-7-5-21(29,18(28)10-27)11-30-17-4-3-14(23)19-13(17)2-1-6-26-19/h3-4,8-9,18,26,28-29H,1-2,5-7,10-11H2/t18-,21-/m1/s1. The molecule has 3 N–H and O–H groups in total. The average molecular weight is 443 g/mol. The first-order valence-corrected chi connectivity index (χ1v) is 10.1. The molecular weight excluding hydrogens is 421 g/mol. The zero-order chi connectivity index (χ0) is 21.5. The predicted molar refractivity (Wildman–Crippen MR) is 108 cm³/mol. The lowest BCUT2D eigenvalue weighted by molar-refractivity contribution is -0.109. The van der Waals surface area contributed by atoms with E-state index in [2.05, 4.69) is 5.32 Å². The van der Waals surface area contributed by atoms with E-state index in [9.17, 15) is 23.4 Å². The van der Waals surface area contributed by atoms with Gasteiger partial charge in [0.1, 0.15) is 35.6 Å². The van der Waals surface area contributed by atoms with Crippen molar-refractivity contribution in [2.75, 3.05) is 36.5 Å². The molecule has 162 valence electrons. The molecule has 0 saturated carbocycles. The van der Waals surface area contributed by atoms with Gasteiger partial charge in [-0.15, -0.1) is 0 Å². The van der Waals surface area contributed by atoms with Crippen LogP contribution in [0.3, 0.4) is 0 Å². The first kappa shape index (κ1) is 21.1. The van der Waals surface area contributed by atoms with E-state index in [1.807, 2.05) is 0 Å². The summed E-state index contributed by atoms with van der Waals surface area (Å²) in [5.74, 6) is -1.59. The van der Waals surface area contributed by atoms with Crippen molar-refractivity contribution in [3.8, 4) is 5.75 Å². The fraction of sp³-hybridized carbons (Fsp3) is 0.429. The summed E-state index contributed by atoms with van der Waals surface area (Å²) in [5.41, 5.74) is -0.809. The Morgan fingerprint density at radius 3 is 2.63 bits per heavy atom. The highest BCUT2D eigenvalue weighted by Crippen LogP contribution is 2.36. The average Bonchev–Trinajstić information content (AvgIpc) is 2.70. The second kappa shape index (κ2) is 8.17. The highest BCUT2D eigenvalue weighted by Gasteiger charge is 2.42. The van der Waals surface area contributed by atoms with Crippen LogP contribution in [0.4, 0.5) is 24.5 Å². The van der Waals surface area contributed by atoms with Crippen LogP contribution in [0.15, 0.2) is 24.3 Å². The summed E-state index contributed by atoms with van der Waals surface area (Å²) < 4.78 is 48.2. The second-order valence-corrected chi connectivity index (χ2v) is 8.19. The number of β-amino-alcohol motifs (C(OH)–C–C–N with tert-alkyl or cyclic N) is 1. The predicted octanol–water partition coefficient (Wildman–Crippen LogP) is 3.50. The smallest absolute Gasteiger partial charge is 0.151 e. The van der Waals surface area contributed by atoms with E-state index in [-0.39, 0.29) is 42.6 Å². The molecule has 0 aromatic heterocycles. The molecule has 0 spiro atoms. The Balaban J connectivity index is 1.47. The van der Waals surface area contributed by atoms with Crippen LogP contribution in [-0.4, -0.2) is 48.2 Å². The first-order valence-electron chi connectivity index (χ1n) is 9.76. The third-order valence-corrected chi connectivity index (χ3v) is 5.95. The monoisotopic (exact) mass is 442 g/mol. The summed E-state index contributed by atoms with van der Waals surface area (Å²) in [5, 5.41) is 24.4. The molecule has 1 saturated heterocycles. The maximum absolute atomic E-state index is 14.2. The van der Waals surface area contributed by atoms with Gasteiger partial charge in [-0.2, -0.15) is 0 Å². The highest BCUT2D eigenvalue weighted by molar-refractivity contribution is 6.30. The molecule has 0 bridgehead atoms. The highest BCUT2D eigenvalue weighted by atomic mass is 35.5. The summed E-state index contributed by atoms with van der Waals surface area (Å²) in [4.78, 5) is 1.34. The van der Waals surface area contributed by atoms with Crippen LogP contribution in [0.1, 0.15) is 18.4 Å². The minimum absolute atomic E-state index is 0.0251. The number of aliphatic hydroxyl groups is 2. The van der Waals surface area contributed by atoms with Crippen LogP contribution < -0.4 is 15.0 Å². The molecule has 2 aromatic carbocycles. The molecule has 1 fully saturated rings. The lowest BCUT2D eigenvalue weighted by atomic mass is 9.89. The molecule has 4 rings (SSSR count). The molecule has 2 heterocycles.